The maximum atomic E-state index is 12.2. The molecule has 25 heavy (non-hydrogen) atoms. The van der Waals surface area contributed by atoms with Crippen molar-refractivity contribution in [1.82, 2.24) is 24.3 Å². The minimum Gasteiger partial charge on any atom is -0.341 e. The molecule has 0 saturated heterocycles. The van der Waals surface area contributed by atoms with Crippen LogP contribution in [0.5, 0.6) is 0 Å². The Labute approximate surface area is 152 Å². The van der Waals surface area contributed by atoms with Gasteiger partial charge in [0.2, 0.25) is 0 Å². The van der Waals surface area contributed by atoms with Gasteiger partial charge in [-0.2, -0.15) is 0 Å². The van der Waals surface area contributed by atoms with Crippen LogP contribution in [0.2, 0.25) is 5.02 Å². The Hall–Kier alpha value is -2.22. The lowest BCUT2D eigenvalue weighted by Crippen LogP contribution is -2.21. The summed E-state index contributed by atoms with van der Waals surface area (Å²) in [7, 11) is 1.98. The molecular weight excluding hydrogens is 358 g/mol. The van der Waals surface area contributed by atoms with Crippen LogP contribution in [0, 0.1) is 6.92 Å². The van der Waals surface area contributed by atoms with Gasteiger partial charge in [0.25, 0.3) is 5.56 Å². The summed E-state index contributed by atoms with van der Waals surface area (Å²) in [6, 6.07) is 7.18. The third kappa shape index (κ3) is 3.30. The van der Waals surface area contributed by atoms with E-state index in [1.165, 1.54) is 11.3 Å². The fraction of sp³-hybridized carbons (Fsp3) is 0.235. The van der Waals surface area contributed by atoms with Gasteiger partial charge in [-0.1, -0.05) is 11.6 Å². The zero-order valence-electron chi connectivity index (χ0n) is 13.8. The molecule has 0 aliphatic rings. The van der Waals surface area contributed by atoms with Crippen molar-refractivity contribution >= 4 is 38.9 Å². The number of hydrogen-bond donors (Lipinski definition) is 1. The number of hydrogen-bond acceptors (Lipinski definition) is 5. The molecule has 3 aromatic heterocycles. The van der Waals surface area contributed by atoms with Crippen molar-refractivity contribution < 1.29 is 0 Å². The zero-order chi connectivity index (χ0) is 17.6. The van der Waals surface area contributed by atoms with Crippen molar-refractivity contribution in [2.45, 2.75) is 20.0 Å². The van der Waals surface area contributed by atoms with E-state index in [0.717, 1.165) is 32.4 Å². The van der Waals surface area contributed by atoms with Crippen LogP contribution in [0.15, 0.2) is 35.3 Å². The van der Waals surface area contributed by atoms with E-state index in [1.54, 1.807) is 10.5 Å². The topological polar surface area (TPSA) is 66.3 Å². The fourth-order valence-electron chi connectivity index (χ4n) is 2.84. The summed E-state index contributed by atoms with van der Waals surface area (Å²) < 4.78 is 1.59. The van der Waals surface area contributed by atoms with Gasteiger partial charge in [0.1, 0.15) is 5.82 Å². The third-order valence-electron chi connectivity index (χ3n) is 3.88. The number of fused-ring (bicyclic) bond motifs is 2. The van der Waals surface area contributed by atoms with Gasteiger partial charge >= 0.3 is 0 Å². The number of nitrogens with one attached hydrogen (secondary N) is 1. The first-order valence-electron chi connectivity index (χ1n) is 7.79. The summed E-state index contributed by atoms with van der Waals surface area (Å²) in [4.78, 5) is 28.5. The molecule has 6 nitrogen and oxygen atoms in total. The molecule has 3 heterocycles. The van der Waals surface area contributed by atoms with Gasteiger partial charge in [-0.25, -0.2) is 9.97 Å². The number of imidazole rings is 1. The predicted molar refractivity (Wildman–Crippen MR) is 100 cm³/mol. The van der Waals surface area contributed by atoms with Gasteiger partial charge in [0.15, 0.2) is 4.96 Å². The van der Waals surface area contributed by atoms with Crippen molar-refractivity contribution in [1.29, 1.82) is 0 Å². The van der Waals surface area contributed by atoms with Crippen molar-refractivity contribution in [3.8, 4) is 0 Å². The number of thiazole rings is 1. The second-order valence-corrected chi connectivity index (χ2v) is 7.75. The molecule has 1 aromatic carbocycles. The Morgan fingerprint density at radius 3 is 2.96 bits per heavy atom. The SMILES string of the molecule is Cc1cn2c(=O)cc(CN(C)Cc3nc4ccc(Cl)cc4[nH]3)nc2s1. The largest absolute Gasteiger partial charge is 0.341 e. The number of aryl methyl sites for hydroxylation is 1. The van der Waals surface area contributed by atoms with Crippen LogP contribution in [-0.2, 0) is 13.1 Å². The Kier molecular flexibility index (Phi) is 4.07. The summed E-state index contributed by atoms with van der Waals surface area (Å²) in [6.45, 7) is 3.16. The number of rotatable bonds is 4. The van der Waals surface area contributed by atoms with Crippen LogP contribution in [0.1, 0.15) is 16.4 Å². The van der Waals surface area contributed by atoms with Crippen molar-refractivity contribution in [2.75, 3.05) is 7.05 Å². The van der Waals surface area contributed by atoms with E-state index in [-0.39, 0.29) is 5.56 Å². The molecule has 0 spiro atoms. The van der Waals surface area contributed by atoms with Gasteiger partial charge in [-0.15, -0.1) is 11.3 Å². The van der Waals surface area contributed by atoms with Gasteiger partial charge in [-0.05, 0) is 32.2 Å². The monoisotopic (exact) mass is 373 g/mol. The van der Waals surface area contributed by atoms with E-state index in [1.807, 2.05) is 38.4 Å². The molecule has 0 amide bonds. The number of halogens is 1. The van der Waals surface area contributed by atoms with Gasteiger partial charge < -0.3 is 4.98 Å². The number of nitrogens with zero attached hydrogens (tertiary/aromatic N) is 4. The Balaban J connectivity index is 1.54. The minimum atomic E-state index is -0.0453. The van der Waals surface area contributed by atoms with Gasteiger partial charge in [0.05, 0.1) is 23.3 Å². The molecule has 0 aliphatic carbocycles. The van der Waals surface area contributed by atoms with Crippen LogP contribution in [-0.4, -0.2) is 31.3 Å². The van der Waals surface area contributed by atoms with E-state index in [4.69, 9.17) is 11.6 Å². The number of aromatic amines is 1. The number of H-pyrrole nitrogens is 1. The van der Waals surface area contributed by atoms with E-state index >= 15 is 0 Å². The van der Waals surface area contributed by atoms with Crippen LogP contribution in [0.4, 0.5) is 0 Å². The molecule has 1 N–H and O–H groups in total. The first kappa shape index (κ1) is 16.3. The molecule has 128 valence electrons. The molecule has 0 fully saturated rings. The Morgan fingerprint density at radius 1 is 1.28 bits per heavy atom. The highest BCUT2D eigenvalue weighted by atomic mass is 35.5. The second-order valence-electron chi connectivity index (χ2n) is 6.10. The Morgan fingerprint density at radius 2 is 2.12 bits per heavy atom. The summed E-state index contributed by atoms with van der Waals surface area (Å²) in [5, 5.41) is 0.681. The average molecular weight is 374 g/mol. The van der Waals surface area contributed by atoms with Crippen LogP contribution in [0.3, 0.4) is 0 Å². The van der Waals surface area contributed by atoms with Crippen molar-refractivity contribution in [3.05, 3.63) is 62.2 Å². The summed E-state index contributed by atoms with van der Waals surface area (Å²) in [6.07, 6.45) is 1.82. The molecule has 4 rings (SSSR count). The first-order valence-corrected chi connectivity index (χ1v) is 8.99. The molecule has 8 heteroatoms. The molecular formula is C17H16ClN5OS. The van der Waals surface area contributed by atoms with Crippen LogP contribution < -0.4 is 5.56 Å². The normalized spacial score (nSPS) is 11.8. The smallest absolute Gasteiger partial charge is 0.258 e. The molecule has 0 saturated carbocycles. The molecule has 0 radical (unpaired) electrons. The van der Waals surface area contributed by atoms with Crippen molar-refractivity contribution in [2.24, 2.45) is 0 Å². The molecule has 0 unspecified atom stereocenters. The van der Waals surface area contributed by atoms with Gasteiger partial charge in [0, 0.05) is 28.7 Å². The third-order valence-corrected chi connectivity index (χ3v) is 5.01. The fourth-order valence-corrected chi connectivity index (χ4v) is 3.86. The average Bonchev–Trinajstić information content (AvgIpc) is 3.09. The summed E-state index contributed by atoms with van der Waals surface area (Å²) >= 11 is 7.53. The lowest BCUT2D eigenvalue weighted by atomic mass is 10.3. The highest BCUT2D eigenvalue weighted by Crippen LogP contribution is 2.18. The Bertz CT molecular complexity index is 1130. The lowest BCUT2D eigenvalue weighted by Gasteiger charge is -2.14. The molecule has 4 aromatic rings. The lowest BCUT2D eigenvalue weighted by molar-refractivity contribution is 0.308. The summed E-state index contributed by atoms with van der Waals surface area (Å²) in [5.74, 6) is 0.851. The first-order chi connectivity index (χ1) is 12.0. The summed E-state index contributed by atoms with van der Waals surface area (Å²) in [5.41, 5.74) is 2.52. The predicted octanol–water partition coefficient (Wildman–Crippen LogP) is 3.23. The molecule has 0 aliphatic heterocycles. The maximum Gasteiger partial charge on any atom is 0.258 e. The quantitative estimate of drug-likeness (QED) is 0.596. The molecule has 0 bridgehead atoms. The van der Waals surface area contributed by atoms with E-state index in [0.29, 0.717) is 18.1 Å². The standard InChI is InChI=1S/C17H16ClN5OS/c1-10-7-23-16(24)6-12(19-17(23)25-10)8-22(2)9-15-20-13-4-3-11(18)5-14(13)21-15/h3-7H,8-9H2,1-2H3,(H,20,21). The highest BCUT2D eigenvalue weighted by Gasteiger charge is 2.10. The van der Waals surface area contributed by atoms with E-state index in [9.17, 15) is 4.79 Å². The van der Waals surface area contributed by atoms with Crippen LogP contribution >= 0.6 is 22.9 Å². The van der Waals surface area contributed by atoms with Crippen LogP contribution in [0.25, 0.3) is 16.0 Å². The molecule has 0 atom stereocenters. The highest BCUT2D eigenvalue weighted by molar-refractivity contribution is 7.16. The maximum absolute atomic E-state index is 12.2. The zero-order valence-corrected chi connectivity index (χ0v) is 15.4. The number of aromatic nitrogens is 4. The number of benzene rings is 1. The van der Waals surface area contributed by atoms with Gasteiger partial charge in [-0.3, -0.25) is 14.1 Å². The van der Waals surface area contributed by atoms with E-state index < -0.39 is 0 Å². The van der Waals surface area contributed by atoms with Crippen molar-refractivity contribution in [3.63, 3.8) is 0 Å². The second kappa shape index (κ2) is 6.25. The van der Waals surface area contributed by atoms with E-state index in [2.05, 4.69) is 19.9 Å². The minimum absolute atomic E-state index is 0.0453.